The van der Waals surface area contributed by atoms with Crippen LogP contribution in [0.2, 0.25) is 0 Å². The van der Waals surface area contributed by atoms with Gasteiger partial charge in [0.25, 0.3) is 5.56 Å². The number of para-hydroxylation sites is 1. The van der Waals surface area contributed by atoms with Gasteiger partial charge in [-0.1, -0.05) is 36.2 Å². The molecule has 4 rings (SSSR count). The summed E-state index contributed by atoms with van der Waals surface area (Å²) in [5, 5.41) is 8.03. The number of aromatic nitrogens is 5. The maximum absolute atomic E-state index is 12.6. The molecular formula is C21H24N6O4. The third kappa shape index (κ3) is 4.47. The minimum Gasteiger partial charge on any atom is -0.343 e. The molecule has 31 heavy (non-hydrogen) atoms. The van der Waals surface area contributed by atoms with Gasteiger partial charge in [-0.2, -0.15) is 14.8 Å². The molecule has 1 saturated heterocycles. The fourth-order valence-electron chi connectivity index (χ4n) is 3.60. The molecule has 0 N–H and O–H groups in total. The first kappa shape index (κ1) is 20.7. The van der Waals surface area contributed by atoms with E-state index in [0.29, 0.717) is 5.69 Å². The van der Waals surface area contributed by atoms with Gasteiger partial charge in [-0.3, -0.25) is 14.2 Å². The second-order valence-corrected chi connectivity index (χ2v) is 7.55. The molecule has 3 heterocycles. The van der Waals surface area contributed by atoms with E-state index >= 15 is 0 Å². The van der Waals surface area contributed by atoms with Crippen molar-refractivity contribution in [3.8, 4) is 17.2 Å². The average Bonchev–Trinajstić information content (AvgIpc) is 3.09. The third-order valence-electron chi connectivity index (χ3n) is 5.37. The summed E-state index contributed by atoms with van der Waals surface area (Å²) in [6.07, 6.45) is 4.91. The van der Waals surface area contributed by atoms with E-state index in [4.69, 9.17) is 4.52 Å². The molecule has 1 aliphatic heterocycles. The predicted octanol–water partition coefficient (Wildman–Crippen LogP) is 1.32. The van der Waals surface area contributed by atoms with Crippen LogP contribution in [0.1, 0.15) is 38.0 Å². The van der Waals surface area contributed by atoms with E-state index in [1.807, 2.05) is 11.0 Å². The van der Waals surface area contributed by atoms with Crippen molar-refractivity contribution in [2.24, 2.45) is 7.05 Å². The molecule has 3 aromatic rings. The van der Waals surface area contributed by atoms with Crippen LogP contribution in [0, 0.1) is 0 Å². The average molecular weight is 424 g/mol. The van der Waals surface area contributed by atoms with Gasteiger partial charge in [0, 0.05) is 33.0 Å². The summed E-state index contributed by atoms with van der Waals surface area (Å²) in [4.78, 5) is 43.7. The first-order valence-electron chi connectivity index (χ1n) is 10.4. The van der Waals surface area contributed by atoms with Crippen LogP contribution in [0.25, 0.3) is 17.2 Å². The van der Waals surface area contributed by atoms with E-state index in [9.17, 15) is 14.4 Å². The molecule has 0 spiro atoms. The lowest BCUT2D eigenvalue weighted by Crippen LogP contribution is -2.40. The van der Waals surface area contributed by atoms with E-state index in [1.54, 1.807) is 24.3 Å². The van der Waals surface area contributed by atoms with Crippen molar-refractivity contribution in [2.45, 2.75) is 38.5 Å². The molecule has 10 nitrogen and oxygen atoms in total. The van der Waals surface area contributed by atoms with Crippen molar-refractivity contribution < 1.29 is 9.32 Å². The lowest BCUT2D eigenvalue weighted by Gasteiger charge is -2.19. The molecule has 1 aromatic carbocycles. The summed E-state index contributed by atoms with van der Waals surface area (Å²) in [5.41, 5.74) is -0.784. The number of carbonyl (C=O) groups excluding carboxylic acids is 1. The van der Waals surface area contributed by atoms with Crippen LogP contribution >= 0.6 is 0 Å². The second kappa shape index (κ2) is 9.07. The van der Waals surface area contributed by atoms with Crippen LogP contribution in [0.15, 0.2) is 44.4 Å². The van der Waals surface area contributed by atoms with E-state index in [1.165, 1.54) is 7.05 Å². The van der Waals surface area contributed by atoms with E-state index in [2.05, 4.69) is 15.2 Å². The van der Waals surface area contributed by atoms with Crippen molar-refractivity contribution in [3.05, 3.63) is 57.1 Å². The fraction of sp³-hybridized carbons (Fsp3) is 0.429. The van der Waals surface area contributed by atoms with Gasteiger partial charge in [-0.25, -0.2) is 4.79 Å². The number of hydrogen-bond acceptors (Lipinski definition) is 7. The summed E-state index contributed by atoms with van der Waals surface area (Å²) in [5.74, 6) is 0.301. The number of hydrogen-bond donors (Lipinski definition) is 0. The number of rotatable bonds is 5. The largest absolute Gasteiger partial charge is 0.351 e. The normalized spacial score (nSPS) is 14.4. The molecule has 10 heteroatoms. The molecule has 0 unspecified atom stereocenters. The van der Waals surface area contributed by atoms with Crippen LogP contribution in [-0.2, 0) is 18.3 Å². The topological polar surface area (TPSA) is 116 Å². The molecule has 0 aliphatic carbocycles. The van der Waals surface area contributed by atoms with Gasteiger partial charge < -0.3 is 9.42 Å². The lowest BCUT2D eigenvalue weighted by molar-refractivity contribution is -0.131. The Bertz CT molecular complexity index is 1170. The van der Waals surface area contributed by atoms with E-state index < -0.39 is 11.2 Å². The van der Waals surface area contributed by atoms with Crippen molar-refractivity contribution in [3.63, 3.8) is 0 Å². The second-order valence-electron chi connectivity index (χ2n) is 7.55. The number of amides is 1. The first-order valence-corrected chi connectivity index (χ1v) is 10.4. The summed E-state index contributed by atoms with van der Waals surface area (Å²) < 4.78 is 7.32. The summed E-state index contributed by atoms with van der Waals surface area (Å²) >= 11 is 0. The van der Waals surface area contributed by atoms with Gasteiger partial charge in [-0.15, -0.1) is 0 Å². The zero-order valence-corrected chi connectivity index (χ0v) is 17.4. The number of nitrogens with zero attached hydrogens (tertiary/aromatic N) is 6. The molecule has 0 bridgehead atoms. The molecule has 1 fully saturated rings. The highest BCUT2D eigenvalue weighted by Crippen LogP contribution is 2.14. The summed E-state index contributed by atoms with van der Waals surface area (Å²) in [7, 11) is 1.37. The van der Waals surface area contributed by atoms with Gasteiger partial charge in [0.15, 0.2) is 5.69 Å². The Morgan fingerprint density at radius 1 is 1.06 bits per heavy atom. The van der Waals surface area contributed by atoms with Gasteiger partial charge in [0.1, 0.15) is 0 Å². The molecule has 0 saturated carbocycles. The smallest absolute Gasteiger partial charge is 0.343 e. The zero-order chi connectivity index (χ0) is 21.8. The summed E-state index contributed by atoms with van der Waals surface area (Å²) in [6, 6.07) is 8.76. The minimum absolute atomic E-state index is 0.0116. The van der Waals surface area contributed by atoms with Crippen LogP contribution in [-0.4, -0.2) is 48.4 Å². The molecule has 1 aliphatic rings. The Kier molecular flexibility index (Phi) is 6.06. The Morgan fingerprint density at radius 2 is 1.77 bits per heavy atom. The maximum atomic E-state index is 12.6. The molecule has 2 aromatic heterocycles. The predicted molar refractivity (Wildman–Crippen MR) is 112 cm³/mol. The Labute approximate surface area is 178 Å². The molecular weight excluding hydrogens is 400 g/mol. The van der Waals surface area contributed by atoms with Crippen LogP contribution in [0.5, 0.6) is 0 Å². The Morgan fingerprint density at radius 3 is 2.48 bits per heavy atom. The highest BCUT2D eigenvalue weighted by atomic mass is 16.5. The van der Waals surface area contributed by atoms with Crippen LogP contribution < -0.4 is 11.2 Å². The van der Waals surface area contributed by atoms with Gasteiger partial charge in [0.2, 0.25) is 17.6 Å². The van der Waals surface area contributed by atoms with Crippen molar-refractivity contribution in [1.29, 1.82) is 0 Å². The standard InChI is InChI=1S/C21H24N6O4/c1-25-20(29)18(23-27(21(25)30)15-9-5-4-6-10-15)19-22-16(31-24-19)11-12-17(28)26-13-7-2-3-8-14-26/h4-6,9-10H,2-3,7-8,11-14H2,1H3. The molecule has 0 radical (unpaired) electrons. The van der Waals surface area contributed by atoms with Crippen LogP contribution in [0.4, 0.5) is 0 Å². The van der Waals surface area contributed by atoms with Crippen molar-refractivity contribution in [2.75, 3.05) is 13.1 Å². The van der Waals surface area contributed by atoms with Crippen molar-refractivity contribution in [1.82, 2.24) is 29.4 Å². The number of aryl methyl sites for hydroxylation is 1. The van der Waals surface area contributed by atoms with E-state index in [0.717, 1.165) is 48.0 Å². The van der Waals surface area contributed by atoms with E-state index in [-0.39, 0.29) is 36.2 Å². The number of benzene rings is 1. The van der Waals surface area contributed by atoms with Gasteiger partial charge in [0.05, 0.1) is 5.69 Å². The zero-order valence-electron chi connectivity index (χ0n) is 17.4. The third-order valence-corrected chi connectivity index (χ3v) is 5.37. The Balaban J connectivity index is 1.55. The highest BCUT2D eigenvalue weighted by Gasteiger charge is 2.20. The SMILES string of the molecule is Cn1c(=O)c(-c2noc(CCC(=O)N3CCCCCC3)n2)nn(-c2ccccc2)c1=O. The fourth-order valence-corrected chi connectivity index (χ4v) is 3.60. The molecule has 162 valence electrons. The van der Waals surface area contributed by atoms with Gasteiger partial charge >= 0.3 is 5.69 Å². The minimum atomic E-state index is -0.620. The number of carbonyl (C=O) groups is 1. The van der Waals surface area contributed by atoms with Gasteiger partial charge in [-0.05, 0) is 25.0 Å². The number of likely N-dealkylation sites (tertiary alicyclic amines) is 1. The lowest BCUT2D eigenvalue weighted by atomic mass is 10.2. The first-order chi connectivity index (χ1) is 15.0. The van der Waals surface area contributed by atoms with Crippen molar-refractivity contribution >= 4 is 5.91 Å². The molecule has 1 amide bonds. The maximum Gasteiger partial charge on any atom is 0.351 e. The quantitative estimate of drug-likeness (QED) is 0.606. The Hall–Kier alpha value is -3.56. The van der Waals surface area contributed by atoms with Crippen LogP contribution in [0.3, 0.4) is 0 Å². The highest BCUT2D eigenvalue weighted by molar-refractivity contribution is 5.76. The molecule has 0 atom stereocenters. The monoisotopic (exact) mass is 424 g/mol. The summed E-state index contributed by atoms with van der Waals surface area (Å²) in [6.45, 7) is 1.57.